The summed E-state index contributed by atoms with van der Waals surface area (Å²) in [7, 11) is 0. The third kappa shape index (κ3) is 1.98. The second-order valence-corrected chi connectivity index (χ2v) is 6.81. The predicted molar refractivity (Wildman–Crippen MR) is 92.3 cm³/mol. The molecule has 0 aliphatic carbocycles. The lowest BCUT2D eigenvalue weighted by molar-refractivity contribution is 1.83. The van der Waals surface area contributed by atoms with E-state index in [0.29, 0.717) is 0 Å². The van der Waals surface area contributed by atoms with E-state index >= 15 is 0 Å². The average molecular weight is 292 g/mol. The molecule has 20 heavy (non-hydrogen) atoms. The monoisotopic (exact) mass is 292 g/mol. The van der Waals surface area contributed by atoms with Gasteiger partial charge in [-0.05, 0) is 24.3 Å². The molecule has 3 aromatic carbocycles. The Labute approximate surface area is 125 Å². The molecule has 1 aromatic heterocycles. The van der Waals surface area contributed by atoms with Gasteiger partial charge in [0.2, 0.25) is 0 Å². The summed E-state index contributed by atoms with van der Waals surface area (Å²) in [6, 6.07) is 26.0. The summed E-state index contributed by atoms with van der Waals surface area (Å²) in [6.45, 7) is 0. The van der Waals surface area contributed by atoms with Gasteiger partial charge in [0, 0.05) is 29.6 Å². The van der Waals surface area contributed by atoms with E-state index in [1.54, 1.807) is 0 Å². The standard InChI is InChI=1S/C18H12S2/c1-3-9-15-13(7-1)14-8-2-4-10-16(14)20-18-12-6-5-11-17(18)19-15/h1-12H. The largest absolute Gasteiger partial charge is 0.134 e. The van der Waals surface area contributed by atoms with Crippen LogP contribution in [0.3, 0.4) is 0 Å². The molecule has 0 spiro atoms. The highest BCUT2D eigenvalue weighted by Crippen LogP contribution is 2.33. The minimum absolute atomic E-state index is 1.33. The first-order valence-corrected chi connectivity index (χ1v) is 8.18. The Morgan fingerprint density at radius 3 is 1.20 bits per heavy atom. The van der Waals surface area contributed by atoms with E-state index < -0.39 is 0 Å². The highest BCUT2D eigenvalue weighted by molar-refractivity contribution is 7.31. The van der Waals surface area contributed by atoms with Crippen LogP contribution in [0.25, 0.3) is 29.6 Å². The molecule has 0 aliphatic rings. The Balaban J connectivity index is 2.37. The van der Waals surface area contributed by atoms with Gasteiger partial charge < -0.3 is 0 Å². The molecule has 0 saturated heterocycles. The molecule has 0 fully saturated rings. The molecule has 1 heterocycles. The molecule has 96 valence electrons. The van der Waals surface area contributed by atoms with Crippen LogP contribution in [0.5, 0.6) is 0 Å². The van der Waals surface area contributed by atoms with Crippen molar-refractivity contribution < 1.29 is 0 Å². The molecule has 0 aliphatic heterocycles. The van der Waals surface area contributed by atoms with Crippen molar-refractivity contribution >= 4 is 52.2 Å². The van der Waals surface area contributed by atoms with Crippen molar-refractivity contribution in [2.75, 3.05) is 0 Å². The molecule has 0 saturated carbocycles. The molecular formula is C18H12S2. The molecule has 4 rings (SSSR count). The van der Waals surface area contributed by atoms with Crippen molar-refractivity contribution in [3.05, 3.63) is 72.8 Å². The van der Waals surface area contributed by atoms with Crippen molar-refractivity contribution in [2.45, 2.75) is 0 Å². The number of benzene rings is 3. The lowest BCUT2D eigenvalue weighted by Gasteiger charge is -2.02. The number of fused-ring (bicyclic) bond motifs is 4. The molecule has 0 unspecified atom stereocenters. The lowest BCUT2D eigenvalue weighted by atomic mass is 10.1. The maximum atomic E-state index is 2.22. The highest BCUT2D eigenvalue weighted by atomic mass is 32.1. The minimum Gasteiger partial charge on any atom is -0.134 e. The molecule has 4 aromatic rings. The number of hydrogen-bond donors (Lipinski definition) is 0. The van der Waals surface area contributed by atoms with Crippen LogP contribution in [-0.2, 0) is 0 Å². The zero-order valence-electron chi connectivity index (χ0n) is 10.7. The van der Waals surface area contributed by atoms with Crippen LogP contribution >= 0.6 is 22.7 Å². The molecule has 0 atom stereocenters. The van der Waals surface area contributed by atoms with Crippen LogP contribution in [0.1, 0.15) is 0 Å². The van der Waals surface area contributed by atoms with E-state index in [1.807, 2.05) is 22.7 Å². The van der Waals surface area contributed by atoms with Crippen molar-refractivity contribution in [1.29, 1.82) is 0 Å². The Morgan fingerprint density at radius 1 is 0.400 bits per heavy atom. The van der Waals surface area contributed by atoms with Gasteiger partial charge in [0.05, 0.1) is 0 Å². The van der Waals surface area contributed by atoms with E-state index in [9.17, 15) is 0 Å². The SMILES string of the molecule is c1ccc2sc3ccccc3c3ccccc3sc2c1. The van der Waals surface area contributed by atoms with Gasteiger partial charge in [-0.2, -0.15) is 0 Å². The van der Waals surface area contributed by atoms with Crippen LogP contribution in [-0.4, -0.2) is 0 Å². The third-order valence-electron chi connectivity index (χ3n) is 3.35. The van der Waals surface area contributed by atoms with Gasteiger partial charge in [0.25, 0.3) is 0 Å². The summed E-state index contributed by atoms with van der Waals surface area (Å²) in [5, 5.41) is 2.66. The van der Waals surface area contributed by atoms with Gasteiger partial charge >= 0.3 is 0 Å². The van der Waals surface area contributed by atoms with Gasteiger partial charge in [0.15, 0.2) is 0 Å². The number of hydrogen-bond acceptors (Lipinski definition) is 2. The summed E-state index contributed by atoms with van der Waals surface area (Å²) in [5.74, 6) is 0. The first-order valence-electron chi connectivity index (χ1n) is 6.55. The van der Waals surface area contributed by atoms with Gasteiger partial charge in [0.1, 0.15) is 0 Å². The molecule has 2 heteroatoms. The van der Waals surface area contributed by atoms with Gasteiger partial charge in [-0.15, -0.1) is 22.7 Å². The van der Waals surface area contributed by atoms with Crippen LogP contribution in [0.15, 0.2) is 72.8 Å². The number of rotatable bonds is 0. The van der Waals surface area contributed by atoms with Crippen molar-refractivity contribution in [1.82, 2.24) is 0 Å². The zero-order valence-corrected chi connectivity index (χ0v) is 12.4. The van der Waals surface area contributed by atoms with E-state index in [-0.39, 0.29) is 0 Å². The van der Waals surface area contributed by atoms with Gasteiger partial charge in [-0.25, -0.2) is 0 Å². The van der Waals surface area contributed by atoms with Crippen LogP contribution in [0.2, 0.25) is 0 Å². The minimum atomic E-state index is 1.33. The Kier molecular flexibility index (Phi) is 2.91. The smallest absolute Gasteiger partial charge is 0.0448 e. The molecule has 0 nitrogen and oxygen atoms in total. The Morgan fingerprint density at radius 2 is 0.750 bits per heavy atom. The molecule has 0 bridgehead atoms. The second-order valence-electron chi connectivity index (χ2n) is 4.64. The maximum Gasteiger partial charge on any atom is 0.0448 e. The van der Waals surface area contributed by atoms with Gasteiger partial charge in [-0.1, -0.05) is 48.5 Å². The van der Waals surface area contributed by atoms with Crippen LogP contribution in [0, 0.1) is 0 Å². The topological polar surface area (TPSA) is 0 Å². The van der Waals surface area contributed by atoms with Crippen LogP contribution in [0.4, 0.5) is 0 Å². The highest BCUT2D eigenvalue weighted by Gasteiger charge is 2.00. The van der Waals surface area contributed by atoms with Gasteiger partial charge in [-0.3, -0.25) is 0 Å². The molecular weight excluding hydrogens is 280 g/mol. The fourth-order valence-corrected chi connectivity index (χ4v) is 4.64. The second kappa shape index (κ2) is 4.89. The Bertz CT molecular complexity index is 879. The molecule has 0 amide bonds. The van der Waals surface area contributed by atoms with Crippen molar-refractivity contribution in [3.63, 3.8) is 0 Å². The first-order chi connectivity index (χ1) is 9.92. The normalized spacial score (nSPS) is 11.0. The van der Waals surface area contributed by atoms with Crippen molar-refractivity contribution in [3.8, 4) is 0 Å². The fraction of sp³-hybridized carbons (Fsp3) is 0. The first kappa shape index (κ1) is 11.9. The third-order valence-corrected chi connectivity index (χ3v) is 5.79. The predicted octanol–water partition coefficient (Wildman–Crippen LogP) is 6.39. The summed E-state index contributed by atoms with van der Waals surface area (Å²) in [5.41, 5.74) is 0. The van der Waals surface area contributed by atoms with E-state index in [0.717, 1.165) is 0 Å². The summed E-state index contributed by atoms with van der Waals surface area (Å²) in [4.78, 5) is 0. The Hall–Kier alpha value is -1.90. The summed E-state index contributed by atoms with van der Waals surface area (Å²) < 4.78 is 5.32. The van der Waals surface area contributed by atoms with E-state index in [4.69, 9.17) is 0 Å². The fourth-order valence-electron chi connectivity index (χ4n) is 2.41. The van der Waals surface area contributed by atoms with Crippen LogP contribution < -0.4 is 0 Å². The lowest BCUT2D eigenvalue weighted by Crippen LogP contribution is -1.72. The maximum absolute atomic E-state index is 2.22. The average Bonchev–Trinajstić information content (AvgIpc) is 2.48. The van der Waals surface area contributed by atoms with Crippen molar-refractivity contribution in [2.24, 2.45) is 0 Å². The molecule has 0 N–H and O–H groups in total. The zero-order chi connectivity index (χ0) is 13.4. The quantitative estimate of drug-likeness (QED) is 0.352. The summed E-state index contributed by atoms with van der Waals surface area (Å²) in [6.07, 6.45) is 0. The van der Waals surface area contributed by atoms with E-state index in [2.05, 4.69) is 72.8 Å². The van der Waals surface area contributed by atoms with E-state index in [1.165, 1.54) is 29.6 Å². The summed E-state index contributed by atoms with van der Waals surface area (Å²) >= 11 is 3.72. The molecule has 0 radical (unpaired) electrons.